The molecule has 3 heteroatoms. The molecule has 2 aromatic rings. The van der Waals surface area contributed by atoms with Crippen LogP contribution in [-0.2, 0) is 0 Å². The maximum atomic E-state index is 2.38. The van der Waals surface area contributed by atoms with Crippen molar-refractivity contribution in [2.45, 2.75) is 32.6 Å². The highest BCUT2D eigenvalue weighted by molar-refractivity contribution is 7.17. The molecule has 0 aliphatic heterocycles. The summed E-state index contributed by atoms with van der Waals surface area (Å²) in [7, 11) is 4.42. The van der Waals surface area contributed by atoms with Gasteiger partial charge in [0.05, 0.1) is 0 Å². The first kappa shape index (κ1) is 17.0. The van der Waals surface area contributed by atoms with Gasteiger partial charge in [0.1, 0.15) is 0 Å². The van der Waals surface area contributed by atoms with E-state index in [9.17, 15) is 0 Å². The Balaban J connectivity index is 0.00000156. The minimum absolute atomic E-state index is 0. The van der Waals surface area contributed by atoms with Gasteiger partial charge in [-0.05, 0) is 91.6 Å². The van der Waals surface area contributed by atoms with Crippen molar-refractivity contribution < 1.29 is 0 Å². The van der Waals surface area contributed by atoms with E-state index < -0.39 is 0 Å². The molecule has 3 aliphatic rings. The Bertz CT molecular complexity index is 735. The zero-order valence-corrected chi connectivity index (χ0v) is 15.9. The Labute approximate surface area is 149 Å². The molecule has 1 nitrogen and oxygen atoms in total. The molecule has 0 radical (unpaired) electrons. The summed E-state index contributed by atoms with van der Waals surface area (Å²) in [6, 6.07) is 6.93. The van der Waals surface area contributed by atoms with E-state index in [1.807, 2.05) is 11.3 Å². The molecule has 3 aliphatic carbocycles. The van der Waals surface area contributed by atoms with Crippen LogP contribution in [0.3, 0.4) is 0 Å². The molecule has 1 heterocycles. The van der Waals surface area contributed by atoms with Crippen molar-refractivity contribution in [2.75, 3.05) is 20.6 Å². The molecule has 0 atom stereocenters. The van der Waals surface area contributed by atoms with Gasteiger partial charge in [0, 0.05) is 11.2 Å². The van der Waals surface area contributed by atoms with Crippen molar-refractivity contribution in [3.05, 3.63) is 40.3 Å². The number of hydrogen-bond acceptors (Lipinski definition) is 2. The summed E-state index contributed by atoms with van der Waals surface area (Å²) >= 11 is 1.93. The number of hydrogen-bond donors (Lipinski definition) is 0. The standard InChI is InChI=1S/C20H25NS.ClH/c1-13-12-22-20-16(13)5-4-6-17(20)19-15-9-7-14(8-10-15)18(19)11-21(2)3;/h4-6,12,14-15H,7-11H2,1-3H3;1H. The van der Waals surface area contributed by atoms with E-state index in [1.165, 1.54) is 41.3 Å². The summed E-state index contributed by atoms with van der Waals surface area (Å²) in [5.41, 5.74) is 6.43. The Morgan fingerprint density at radius 1 is 1.09 bits per heavy atom. The average molecular weight is 348 g/mol. The molecule has 2 bridgehead atoms. The topological polar surface area (TPSA) is 3.24 Å². The van der Waals surface area contributed by atoms with Gasteiger partial charge < -0.3 is 4.90 Å². The monoisotopic (exact) mass is 347 g/mol. The Hall–Kier alpha value is -0.830. The fourth-order valence-corrected chi connectivity index (χ4v) is 5.64. The van der Waals surface area contributed by atoms with Crippen molar-refractivity contribution in [2.24, 2.45) is 11.8 Å². The second-order valence-corrected chi connectivity index (χ2v) is 8.21. The largest absolute Gasteiger partial charge is 0.305 e. The van der Waals surface area contributed by atoms with E-state index in [1.54, 1.807) is 16.7 Å². The summed E-state index contributed by atoms with van der Waals surface area (Å²) < 4.78 is 1.51. The maximum Gasteiger partial charge on any atom is 0.0420 e. The summed E-state index contributed by atoms with van der Waals surface area (Å²) in [5, 5.41) is 3.78. The van der Waals surface area contributed by atoms with Gasteiger partial charge in [-0.1, -0.05) is 18.2 Å². The third-order valence-corrected chi connectivity index (χ3v) is 6.69. The van der Waals surface area contributed by atoms with Crippen LogP contribution >= 0.6 is 23.7 Å². The minimum atomic E-state index is 0. The highest BCUT2D eigenvalue weighted by Gasteiger charge is 2.36. The van der Waals surface area contributed by atoms with Crippen molar-refractivity contribution in [3.63, 3.8) is 0 Å². The molecule has 1 fully saturated rings. The fourth-order valence-electron chi connectivity index (χ4n) is 4.56. The smallest absolute Gasteiger partial charge is 0.0420 e. The molecule has 23 heavy (non-hydrogen) atoms. The van der Waals surface area contributed by atoms with Crippen LogP contribution in [0.4, 0.5) is 0 Å². The second kappa shape index (κ2) is 6.58. The third-order valence-electron chi connectivity index (χ3n) is 5.54. The SMILES string of the molecule is Cc1csc2c(C3=C(CN(C)C)C4CCC3CC4)cccc12.Cl. The number of nitrogens with zero attached hydrogens (tertiary/aromatic N) is 1. The van der Waals surface area contributed by atoms with E-state index in [4.69, 9.17) is 0 Å². The average Bonchev–Trinajstić information content (AvgIpc) is 2.90. The number of halogens is 1. The van der Waals surface area contributed by atoms with Crippen molar-refractivity contribution in [1.29, 1.82) is 0 Å². The van der Waals surface area contributed by atoms with E-state index in [-0.39, 0.29) is 12.4 Å². The zero-order chi connectivity index (χ0) is 15.3. The van der Waals surface area contributed by atoms with Crippen LogP contribution in [-0.4, -0.2) is 25.5 Å². The molecule has 0 unspecified atom stereocenters. The lowest BCUT2D eigenvalue weighted by Gasteiger charge is -2.41. The van der Waals surface area contributed by atoms with E-state index in [0.29, 0.717) is 0 Å². The van der Waals surface area contributed by atoms with Crippen LogP contribution in [0.1, 0.15) is 36.8 Å². The molecule has 124 valence electrons. The number of benzene rings is 1. The van der Waals surface area contributed by atoms with Crippen LogP contribution in [0.25, 0.3) is 15.7 Å². The number of likely N-dealkylation sites (N-methyl/N-ethyl adjacent to an activating group) is 1. The molecule has 0 N–H and O–H groups in total. The number of allylic oxidation sites excluding steroid dienone is 1. The van der Waals surface area contributed by atoms with Gasteiger partial charge >= 0.3 is 0 Å². The zero-order valence-electron chi connectivity index (χ0n) is 14.3. The van der Waals surface area contributed by atoms with Gasteiger partial charge in [-0.15, -0.1) is 23.7 Å². The Morgan fingerprint density at radius 2 is 1.78 bits per heavy atom. The summed E-state index contributed by atoms with van der Waals surface area (Å²) in [6.07, 6.45) is 5.63. The Morgan fingerprint density at radius 3 is 2.48 bits per heavy atom. The van der Waals surface area contributed by atoms with Crippen molar-refractivity contribution >= 4 is 39.4 Å². The summed E-state index contributed by atoms with van der Waals surface area (Å²) in [6.45, 7) is 3.38. The molecule has 1 aromatic carbocycles. The number of thiophene rings is 1. The predicted octanol–water partition coefficient (Wildman–Crippen LogP) is 5.77. The van der Waals surface area contributed by atoms with Crippen LogP contribution in [0.2, 0.25) is 0 Å². The molecule has 0 amide bonds. The van der Waals surface area contributed by atoms with E-state index in [0.717, 1.165) is 18.4 Å². The normalized spacial score (nSPS) is 23.7. The molecular formula is C20H26ClNS. The van der Waals surface area contributed by atoms with Gasteiger partial charge in [-0.2, -0.15) is 0 Å². The van der Waals surface area contributed by atoms with Crippen LogP contribution in [0.5, 0.6) is 0 Å². The van der Waals surface area contributed by atoms with Gasteiger partial charge in [0.15, 0.2) is 0 Å². The molecule has 0 spiro atoms. The lowest BCUT2D eigenvalue weighted by molar-refractivity contribution is 0.300. The minimum Gasteiger partial charge on any atom is -0.305 e. The van der Waals surface area contributed by atoms with Crippen LogP contribution in [0.15, 0.2) is 29.2 Å². The maximum absolute atomic E-state index is 2.38. The first-order chi connectivity index (χ1) is 10.6. The number of aryl methyl sites for hydroxylation is 1. The Kier molecular flexibility index (Phi) is 4.87. The fraction of sp³-hybridized carbons (Fsp3) is 0.500. The van der Waals surface area contributed by atoms with Gasteiger partial charge in [0.2, 0.25) is 0 Å². The first-order valence-corrected chi connectivity index (χ1v) is 9.38. The predicted molar refractivity (Wildman–Crippen MR) is 105 cm³/mol. The molecular weight excluding hydrogens is 322 g/mol. The lowest BCUT2D eigenvalue weighted by atomic mass is 9.65. The molecule has 1 saturated carbocycles. The van der Waals surface area contributed by atoms with Gasteiger partial charge in [0.25, 0.3) is 0 Å². The van der Waals surface area contributed by atoms with Gasteiger partial charge in [-0.25, -0.2) is 0 Å². The number of fused-ring (bicyclic) bond motifs is 3. The van der Waals surface area contributed by atoms with Crippen LogP contribution in [0, 0.1) is 18.8 Å². The first-order valence-electron chi connectivity index (χ1n) is 8.50. The van der Waals surface area contributed by atoms with Crippen molar-refractivity contribution in [1.82, 2.24) is 4.90 Å². The second-order valence-electron chi connectivity index (χ2n) is 7.33. The highest BCUT2D eigenvalue weighted by atomic mass is 35.5. The van der Waals surface area contributed by atoms with Crippen molar-refractivity contribution in [3.8, 4) is 0 Å². The molecule has 0 saturated heterocycles. The number of rotatable bonds is 3. The lowest BCUT2D eigenvalue weighted by Crippen LogP contribution is -2.31. The quantitative estimate of drug-likeness (QED) is 0.681. The molecule has 5 rings (SSSR count). The van der Waals surface area contributed by atoms with Gasteiger partial charge in [-0.3, -0.25) is 0 Å². The van der Waals surface area contributed by atoms with Crippen LogP contribution < -0.4 is 0 Å². The molecule has 1 aromatic heterocycles. The third kappa shape index (κ3) is 2.86. The van der Waals surface area contributed by atoms with E-state index >= 15 is 0 Å². The van der Waals surface area contributed by atoms with E-state index in [2.05, 4.69) is 49.5 Å². The highest BCUT2D eigenvalue weighted by Crippen LogP contribution is 2.51. The summed E-state index contributed by atoms with van der Waals surface area (Å²) in [4.78, 5) is 2.36. The summed E-state index contributed by atoms with van der Waals surface area (Å²) in [5.74, 6) is 1.63.